The molecule has 0 saturated heterocycles. The van der Waals surface area contributed by atoms with E-state index < -0.39 is 4.92 Å². The number of aromatic nitrogens is 3. The number of hydrogen-bond acceptors (Lipinski definition) is 6. The molecular weight excluding hydrogens is 318 g/mol. The molecule has 0 bridgehead atoms. The van der Waals surface area contributed by atoms with Crippen molar-refractivity contribution in [3.63, 3.8) is 0 Å². The van der Waals surface area contributed by atoms with Crippen LogP contribution in [0.4, 0.5) is 5.69 Å². The molecule has 2 rings (SSSR count). The lowest BCUT2D eigenvalue weighted by Crippen LogP contribution is -2.28. The van der Waals surface area contributed by atoms with E-state index in [1.807, 2.05) is 0 Å². The number of nitro groups is 1. The van der Waals surface area contributed by atoms with Gasteiger partial charge in [-0.15, -0.1) is 5.10 Å². The van der Waals surface area contributed by atoms with E-state index in [0.29, 0.717) is 22.1 Å². The van der Waals surface area contributed by atoms with Gasteiger partial charge in [0.05, 0.1) is 16.7 Å². The van der Waals surface area contributed by atoms with Gasteiger partial charge in [-0.2, -0.15) is 0 Å². The molecule has 2 N–H and O–H groups in total. The topological polar surface area (TPSA) is 114 Å². The Labute approximate surface area is 137 Å². The van der Waals surface area contributed by atoms with E-state index in [2.05, 4.69) is 20.5 Å². The third-order valence-corrected chi connectivity index (χ3v) is 4.06. The first-order chi connectivity index (χ1) is 10.9. The van der Waals surface area contributed by atoms with Crippen LogP contribution < -0.4 is 5.32 Å². The highest BCUT2D eigenvalue weighted by Gasteiger charge is 2.16. The Kier molecular flexibility index (Phi) is 5.32. The van der Waals surface area contributed by atoms with Crippen LogP contribution in [0.15, 0.2) is 23.4 Å². The molecule has 0 fully saturated rings. The Bertz CT molecular complexity index is 731. The number of hydrogen-bond donors (Lipinski definition) is 2. The number of carbonyl (C=O) groups excluding carboxylic acids is 1. The Morgan fingerprint density at radius 1 is 1.48 bits per heavy atom. The standard InChI is InChI=1S/C14H17N5O3S/c1-8-4-5-11(6-12(8)19(21)22)9(2)15-13(20)7-23-14-16-10(3)17-18-14/h4-6,9H,7H2,1-3H3,(H,15,20)(H,16,17,18)/t9-/m0/s1. The molecule has 8 nitrogen and oxygen atoms in total. The highest BCUT2D eigenvalue weighted by Crippen LogP contribution is 2.23. The van der Waals surface area contributed by atoms with Crippen molar-refractivity contribution in [1.82, 2.24) is 20.5 Å². The van der Waals surface area contributed by atoms with Crippen LogP contribution in [0.2, 0.25) is 0 Å². The van der Waals surface area contributed by atoms with Crippen molar-refractivity contribution >= 4 is 23.4 Å². The minimum absolute atomic E-state index is 0.0502. The number of thioether (sulfide) groups is 1. The van der Waals surface area contributed by atoms with Crippen molar-refractivity contribution in [1.29, 1.82) is 0 Å². The molecule has 0 aliphatic rings. The van der Waals surface area contributed by atoms with Gasteiger partial charge in [0.1, 0.15) is 5.82 Å². The van der Waals surface area contributed by atoms with Crippen molar-refractivity contribution in [3.05, 3.63) is 45.3 Å². The molecule has 0 unspecified atom stereocenters. The summed E-state index contributed by atoms with van der Waals surface area (Å²) in [6.07, 6.45) is 0. The first-order valence-corrected chi connectivity index (χ1v) is 7.91. The molecule has 0 saturated carbocycles. The van der Waals surface area contributed by atoms with Crippen molar-refractivity contribution < 1.29 is 9.72 Å². The van der Waals surface area contributed by atoms with Gasteiger partial charge >= 0.3 is 0 Å². The van der Waals surface area contributed by atoms with E-state index >= 15 is 0 Å². The molecule has 122 valence electrons. The zero-order chi connectivity index (χ0) is 17.0. The number of nitro benzene ring substituents is 1. The SMILES string of the molecule is Cc1nc(SCC(=O)N[C@@H](C)c2ccc(C)c([N+](=O)[O-])c2)n[nH]1. The number of nitrogens with one attached hydrogen (secondary N) is 2. The zero-order valence-corrected chi connectivity index (χ0v) is 13.8. The van der Waals surface area contributed by atoms with Crippen LogP contribution in [-0.2, 0) is 4.79 Å². The minimum atomic E-state index is -0.422. The van der Waals surface area contributed by atoms with E-state index in [4.69, 9.17) is 0 Å². The average molecular weight is 335 g/mol. The van der Waals surface area contributed by atoms with E-state index in [1.54, 1.807) is 32.9 Å². The van der Waals surface area contributed by atoms with Crippen LogP contribution in [0.3, 0.4) is 0 Å². The normalized spacial score (nSPS) is 12.0. The second-order valence-corrected chi connectivity index (χ2v) is 6.03. The summed E-state index contributed by atoms with van der Waals surface area (Å²) < 4.78 is 0. The fourth-order valence-electron chi connectivity index (χ4n) is 1.98. The van der Waals surface area contributed by atoms with Gasteiger partial charge in [0.25, 0.3) is 5.69 Å². The van der Waals surface area contributed by atoms with Crippen LogP contribution in [0, 0.1) is 24.0 Å². The average Bonchev–Trinajstić information content (AvgIpc) is 2.91. The van der Waals surface area contributed by atoms with Crippen LogP contribution in [-0.4, -0.2) is 31.8 Å². The monoisotopic (exact) mass is 335 g/mol. The molecule has 0 spiro atoms. The molecule has 0 aliphatic heterocycles. The van der Waals surface area contributed by atoms with Gasteiger partial charge in [0.15, 0.2) is 0 Å². The van der Waals surface area contributed by atoms with Crippen LogP contribution in [0.1, 0.15) is 29.9 Å². The maximum absolute atomic E-state index is 12.0. The van der Waals surface area contributed by atoms with Gasteiger partial charge in [-0.1, -0.05) is 23.9 Å². The molecule has 1 aromatic carbocycles. The highest BCUT2D eigenvalue weighted by molar-refractivity contribution is 7.99. The van der Waals surface area contributed by atoms with Gasteiger partial charge in [-0.25, -0.2) is 4.98 Å². The highest BCUT2D eigenvalue weighted by atomic mass is 32.2. The number of H-pyrrole nitrogens is 1. The van der Waals surface area contributed by atoms with E-state index in [9.17, 15) is 14.9 Å². The Hall–Kier alpha value is -2.42. The first kappa shape index (κ1) is 16.9. The van der Waals surface area contributed by atoms with Crippen LogP contribution >= 0.6 is 11.8 Å². The summed E-state index contributed by atoms with van der Waals surface area (Å²) in [5.74, 6) is 0.677. The molecule has 1 aromatic heterocycles. The van der Waals surface area contributed by atoms with E-state index in [1.165, 1.54) is 17.8 Å². The number of aryl methyl sites for hydroxylation is 2. The molecule has 0 aliphatic carbocycles. The van der Waals surface area contributed by atoms with Crippen molar-refractivity contribution in [2.75, 3.05) is 5.75 Å². The lowest BCUT2D eigenvalue weighted by molar-refractivity contribution is -0.385. The number of nitrogens with zero attached hydrogens (tertiary/aromatic N) is 3. The smallest absolute Gasteiger partial charge is 0.272 e. The number of amides is 1. The second kappa shape index (κ2) is 7.23. The van der Waals surface area contributed by atoms with Gasteiger partial charge in [-0.05, 0) is 26.3 Å². The van der Waals surface area contributed by atoms with Crippen molar-refractivity contribution in [3.8, 4) is 0 Å². The summed E-state index contributed by atoms with van der Waals surface area (Å²) in [4.78, 5) is 26.6. The summed E-state index contributed by atoms with van der Waals surface area (Å²) in [7, 11) is 0. The summed E-state index contributed by atoms with van der Waals surface area (Å²) in [5, 5.41) is 20.9. The fourth-order valence-corrected chi connectivity index (χ4v) is 2.63. The Balaban J connectivity index is 1.95. The molecule has 0 radical (unpaired) electrons. The summed E-state index contributed by atoms with van der Waals surface area (Å²) in [6, 6.07) is 4.63. The third kappa shape index (κ3) is 4.52. The van der Waals surface area contributed by atoms with E-state index in [-0.39, 0.29) is 23.4 Å². The third-order valence-electron chi connectivity index (χ3n) is 3.22. The fraction of sp³-hybridized carbons (Fsp3) is 0.357. The van der Waals surface area contributed by atoms with Gasteiger partial charge in [0.2, 0.25) is 11.1 Å². The lowest BCUT2D eigenvalue weighted by Gasteiger charge is -2.14. The predicted molar refractivity (Wildman–Crippen MR) is 86.2 cm³/mol. The van der Waals surface area contributed by atoms with Gasteiger partial charge in [-0.3, -0.25) is 20.0 Å². The largest absolute Gasteiger partial charge is 0.349 e. The van der Waals surface area contributed by atoms with Crippen LogP contribution in [0.25, 0.3) is 0 Å². The lowest BCUT2D eigenvalue weighted by atomic mass is 10.0. The molecule has 9 heteroatoms. The first-order valence-electron chi connectivity index (χ1n) is 6.93. The molecule has 1 atom stereocenters. The number of aromatic amines is 1. The summed E-state index contributed by atoms with van der Waals surface area (Å²) in [6.45, 7) is 5.25. The predicted octanol–water partition coefficient (Wildman–Crippen LogP) is 2.30. The van der Waals surface area contributed by atoms with E-state index in [0.717, 1.165) is 0 Å². The van der Waals surface area contributed by atoms with Gasteiger partial charge in [0, 0.05) is 11.6 Å². The zero-order valence-electron chi connectivity index (χ0n) is 13.0. The Morgan fingerprint density at radius 2 is 2.22 bits per heavy atom. The maximum Gasteiger partial charge on any atom is 0.272 e. The van der Waals surface area contributed by atoms with Crippen molar-refractivity contribution in [2.45, 2.75) is 32.0 Å². The number of benzene rings is 1. The second-order valence-electron chi connectivity index (χ2n) is 5.08. The summed E-state index contributed by atoms with van der Waals surface area (Å²) >= 11 is 1.22. The minimum Gasteiger partial charge on any atom is -0.349 e. The number of rotatable bonds is 6. The summed E-state index contributed by atoms with van der Waals surface area (Å²) in [5.41, 5.74) is 1.33. The molecule has 2 aromatic rings. The maximum atomic E-state index is 12.0. The Morgan fingerprint density at radius 3 is 2.83 bits per heavy atom. The van der Waals surface area contributed by atoms with Crippen molar-refractivity contribution in [2.24, 2.45) is 0 Å². The van der Waals surface area contributed by atoms with Crippen LogP contribution in [0.5, 0.6) is 0 Å². The quantitative estimate of drug-likeness (QED) is 0.475. The molecule has 1 amide bonds. The molecule has 23 heavy (non-hydrogen) atoms. The molecular formula is C14H17N5O3S. The number of carbonyl (C=O) groups is 1. The van der Waals surface area contributed by atoms with Gasteiger partial charge < -0.3 is 5.32 Å². The molecule has 1 heterocycles.